The minimum atomic E-state index is -2.91. The van der Waals surface area contributed by atoms with Gasteiger partial charge in [-0.1, -0.05) is 0 Å². The number of aliphatic hydroxyl groups excluding tert-OH is 1. The quantitative estimate of drug-likeness (QED) is 0.739. The number of rotatable bonds is 4. The molecule has 1 aliphatic rings. The van der Waals surface area contributed by atoms with Crippen molar-refractivity contribution < 1.29 is 18.3 Å². The smallest absolute Gasteiger partial charge is 0.222 e. The summed E-state index contributed by atoms with van der Waals surface area (Å²) in [7, 11) is -1.28. The molecule has 1 N–H and O–H groups in total. The van der Waals surface area contributed by atoms with E-state index in [1.165, 1.54) is 4.90 Å². The molecule has 2 atom stereocenters. The maximum Gasteiger partial charge on any atom is 0.222 e. The van der Waals surface area contributed by atoms with E-state index in [-0.39, 0.29) is 42.4 Å². The highest BCUT2D eigenvalue weighted by Crippen LogP contribution is 2.22. The molecular formula is C10H19NO4S. The van der Waals surface area contributed by atoms with Gasteiger partial charge in [-0.05, 0) is 19.3 Å². The summed E-state index contributed by atoms with van der Waals surface area (Å²) in [6, 6.07) is -0.217. The van der Waals surface area contributed by atoms with Crippen LogP contribution < -0.4 is 0 Å². The van der Waals surface area contributed by atoms with E-state index in [9.17, 15) is 13.2 Å². The van der Waals surface area contributed by atoms with Crippen molar-refractivity contribution in [3.63, 3.8) is 0 Å². The highest BCUT2D eigenvalue weighted by molar-refractivity contribution is 7.91. The molecule has 5 nitrogen and oxygen atoms in total. The number of amides is 1. The van der Waals surface area contributed by atoms with Crippen molar-refractivity contribution >= 4 is 15.7 Å². The lowest BCUT2D eigenvalue weighted by molar-refractivity contribution is -0.133. The number of likely N-dealkylation sites (N-methyl/N-ethyl adjacent to an activating group) is 1. The first kappa shape index (κ1) is 13.4. The number of hydrogen-bond donors (Lipinski definition) is 1. The summed E-state index contributed by atoms with van der Waals surface area (Å²) in [5.41, 5.74) is 0. The molecule has 0 saturated carbocycles. The molecule has 1 saturated heterocycles. The molecule has 0 bridgehead atoms. The third-order valence-corrected chi connectivity index (χ3v) is 4.95. The summed E-state index contributed by atoms with van der Waals surface area (Å²) in [6.07, 6.45) is 0.843. The van der Waals surface area contributed by atoms with Crippen LogP contribution >= 0.6 is 0 Å². The maximum absolute atomic E-state index is 11.7. The van der Waals surface area contributed by atoms with Crippen LogP contribution in [0.15, 0.2) is 0 Å². The Labute approximate surface area is 96.4 Å². The summed E-state index contributed by atoms with van der Waals surface area (Å²) < 4.78 is 22.4. The van der Waals surface area contributed by atoms with Crippen molar-refractivity contribution in [1.82, 2.24) is 4.90 Å². The van der Waals surface area contributed by atoms with Gasteiger partial charge in [-0.25, -0.2) is 8.42 Å². The molecule has 1 heterocycles. The van der Waals surface area contributed by atoms with E-state index in [1.54, 1.807) is 14.0 Å². The molecule has 1 aliphatic heterocycles. The van der Waals surface area contributed by atoms with Gasteiger partial charge in [0.05, 0.1) is 24.2 Å². The molecule has 2 unspecified atom stereocenters. The SMILES string of the molecule is CC(CO)N(C)C(=O)CC1CCS(=O)(=O)C1. The third kappa shape index (κ3) is 3.45. The second-order valence-corrected chi connectivity index (χ2v) is 6.74. The van der Waals surface area contributed by atoms with Crippen LogP contribution in [0.3, 0.4) is 0 Å². The van der Waals surface area contributed by atoms with Gasteiger partial charge in [0.2, 0.25) is 5.91 Å². The van der Waals surface area contributed by atoms with E-state index in [0.717, 1.165) is 0 Å². The Balaban J connectivity index is 2.47. The van der Waals surface area contributed by atoms with E-state index in [0.29, 0.717) is 6.42 Å². The van der Waals surface area contributed by atoms with Crippen LogP contribution in [0.25, 0.3) is 0 Å². The van der Waals surface area contributed by atoms with Gasteiger partial charge in [0, 0.05) is 13.5 Å². The zero-order valence-electron chi connectivity index (χ0n) is 9.72. The Morgan fingerprint density at radius 2 is 2.19 bits per heavy atom. The van der Waals surface area contributed by atoms with Crippen molar-refractivity contribution in [2.24, 2.45) is 5.92 Å². The molecule has 0 aliphatic carbocycles. The lowest BCUT2D eigenvalue weighted by Gasteiger charge is -2.24. The van der Waals surface area contributed by atoms with Crippen molar-refractivity contribution in [3.05, 3.63) is 0 Å². The van der Waals surface area contributed by atoms with E-state index in [2.05, 4.69) is 0 Å². The number of hydrogen-bond acceptors (Lipinski definition) is 4. The standard InChI is InChI=1S/C10H19NO4S/c1-8(6-12)11(2)10(13)5-9-3-4-16(14,15)7-9/h8-9,12H,3-7H2,1-2H3. The fourth-order valence-corrected chi connectivity index (χ4v) is 3.65. The molecule has 6 heteroatoms. The fraction of sp³-hybridized carbons (Fsp3) is 0.900. The number of carbonyl (C=O) groups excluding carboxylic acids is 1. The molecule has 1 rings (SSSR count). The minimum Gasteiger partial charge on any atom is -0.394 e. The monoisotopic (exact) mass is 249 g/mol. The van der Waals surface area contributed by atoms with Crippen LogP contribution in [-0.4, -0.2) is 55.5 Å². The molecular weight excluding hydrogens is 230 g/mol. The first-order valence-corrected chi connectivity index (χ1v) is 7.25. The van der Waals surface area contributed by atoms with Crippen molar-refractivity contribution in [3.8, 4) is 0 Å². The Hall–Kier alpha value is -0.620. The molecule has 0 spiro atoms. The molecule has 1 amide bonds. The summed E-state index contributed by atoms with van der Waals surface area (Å²) in [5, 5.41) is 8.91. The average molecular weight is 249 g/mol. The Morgan fingerprint density at radius 3 is 2.62 bits per heavy atom. The van der Waals surface area contributed by atoms with Gasteiger partial charge in [-0.15, -0.1) is 0 Å². The average Bonchev–Trinajstić information content (AvgIpc) is 2.55. The lowest BCUT2D eigenvalue weighted by Crippen LogP contribution is -2.38. The highest BCUT2D eigenvalue weighted by atomic mass is 32.2. The van der Waals surface area contributed by atoms with Crippen LogP contribution in [0.2, 0.25) is 0 Å². The van der Waals surface area contributed by atoms with Crippen molar-refractivity contribution in [1.29, 1.82) is 0 Å². The Morgan fingerprint density at radius 1 is 1.56 bits per heavy atom. The summed E-state index contributed by atoms with van der Waals surface area (Å²) in [4.78, 5) is 13.2. The van der Waals surface area contributed by atoms with E-state index in [1.807, 2.05) is 0 Å². The minimum absolute atomic E-state index is 0.0501. The first-order valence-electron chi connectivity index (χ1n) is 5.42. The second-order valence-electron chi connectivity index (χ2n) is 4.51. The third-order valence-electron chi connectivity index (χ3n) is 3.11. The van der Waals surface area contributed by atoms with E-state index < -0.39 is 9.84 Å². The number of carbonyl (C=O) groups is 1. The molecule has 1 fully saturated rings. The Kier molecular flexibility index (Phi) is 4.32. The van der Waals surface area contributed by atoms with Gasteiger partial charge in [-0.2, -0.15) is 0 Å². The molecule has 0 aromatic heterocycles. The van der Waals surface area contributed by atoms with Gasteiger partial charge < -0.3 is 10.0 Å². The zero-order valence-corrected chi connectivity index (χ0v) is 10.5. The molecule has 0 aromatic carbocycles. The summed E-state index contributed by atoms with van der Waals surface area (Å²) in [6.45, 7) is 1.68. The van der Waals surface area contributed by atoms with Gasteiger partial charge in [0.15, 0.2) is 9.84 Å². The predicted octanol–water partition coefficient (Wildman–Crippen LogP) is -0.350. The maximum atomic E-state index is 11.7. The zero-order chi connectivity index (χ0) is 12.3. The molecule has 0 aromatic rings. The second kappa shape index (κ2) is 5.14. The normalized spacial score (nSPS) is 25.3. The van der Waals surface area contributed by atoms with Crippen molar-refractivity contribution in [2.45, 2.75) is 25.8 Å². The van der Waals surface area contributed by atoms with Crippen molar-refractivity contribution in [2.75, 3.05) is 25.2 Å². The van der Waals surface area contributed by atoms with Gasteiger partial charge in [0.25, 0.3) is 0 Å². The Bertz CT molecular complexity index is 352. The predicted molar refractivity (Wildman–Crippen MR) is 60.7 cm³/mol. The summed E-state index contributed by atoms with van der Waals surface area (Å²) >= 11 is 0. The number of sulfone groups is 1. The molecule has 94 valence electrons. The van der Waals surface area contributed by atoms with Crippen LogP contribution in [0.1, 0.15) is 19.8 Å². The largest absolute Gasteiger partial charge is 0.394 e. The summed E-state index contributed by atoms with van der Waals surface area (Å²) in [5.74, 6) is 0.180. The van der Waals surface area contributed by atoms with E-state index >= 15 is 0 Å². The van der Waals surface area contributed by atoms with Gasteiger partial charge >= 0.3 is 0 Å². The van der Waals surface area contributed by atoms with Crippen LogP contribution in [-0.2, 0) is 14.6 Å². The highest BCUT2D eigenvalue weighted by Gasteiger charge is 2.30. The first-order chi connectivity index (χ1) is 7.35. The van der Waals surface area contributed by atoms with E-state index in [4.69, 9.17) is 5.11 Å². The number of aliphatic hydroxyl groups is 1. The van der Waals surface area contributed by atoms with Crippen LogP contribution in [0.5, 0.6) is 0 Å². The fourth-order valence-electron chi connectivity index (χ4n) is 1.79. The molecule has 0 radical (unpaired) electrons. The van der Waals surface area contributed by atoms with Crippen LogP contribution in [0, 0.1) is 5.92 Å². The van der Waals surface area contributed by atoms with Gasteiger partial charge in [0.1, 0.15) is 0 Å². The topological polar surface area (TPSA) is 74.7 Å². The molecule has 16 heavy (non-hydrogen) atoms. The number of nitrogens with zero attached hydrogens (tertiary/aromatic N) is 1. The van der Waals surface area contributed by atoms with Gasteiger partial charge in [-0.3, -0.25) is 4.79 Å². The lowest BCUT2D eigenvalue weighted by atomic mass is 10.0. The van der Waals surface area contributed by atoms with Crippen LogP contribution in [0.4, 0.5) is 0 Å².